The number of aromatic nitrogens is 2. The number of anilines is 1. The van der Waals surface area contributed by atoms with Crippen LogP contribution in [0.5, 0.6) is 0 Å². The molecule has 2 aromatic carbocycles. The van der Waals surface area contributed by atoms with E-state index < -0.39 is 11.7 Å². The molecule has 1 fully saturated rings. The van der Waals surface area contributed by atoms with Crippen molar-refractivity contribution in [1.82, 2.24) is 10.1 Å². The number of amides is 1. The lowest BCUT2D eigenvalue weighted by Crippen LogP contribution is -2.25. The van der Waals surface area contributed by atoms with Crippen LogP contribution in [0.4, 0.5) is 18.9 Å². The van der Waals surface area contributed by atoms with Crippen LogP contribution in [0, 0.1) is 13.8 Å². The Morgan fingerprint density at radius 2 is 1.83 bits per heavy atom. The van der Waals surface area contributed by atoms with Gasteiger partial charge < -0.3 is 9.42 Å². The highest BCUT2D eigenvalue weighted by Gasteiger charge is 2.35. The molecule has 5 nitrogen and oxygen atoms in total. The van der Waals surface area contributed by atoms with Gasteiger partial charge in [0.1, 0.15) is 0 Å². The lowest BCUT2D eigenvalue weighted by molar-refractivity contribution is -0.137. The number of aryl methyl sites for hydroxylation is 2. The van der Waals surface area contributed by atoms with Crippen LogP contribution >= 0.6 is 0 Å². The first-order valence-corrected chi connectivity index (χ1v) is 9.11. The van der Waals surface area contributed by atoms with E-state index in [0.717, 1.165) is 28.9 Å². The molecule has 1 amide bonds. The minimum atomic E-state index is -4.40. The van der Waals surface area contributed by atoms with E-state index in [9.17, 15) is 18.0 Å². The standard InChI is InChI=1S/C21H18F3N3O2/c1-12-3-4-13(2)17(9-12)27-11-15(10-18(27)28)19-25-20(29-26-19)14-5-7-16(8-6-14)21(22,23)24/h3-9,15H,10-11H2,1-2H3. The number of benzene rings is 2. The number of nitrogens with zero attached hydrogens (tertiary/aromatic N) is 3. The Morgan fingerprint density at radius 3 is 2.52 bits per heavy atom. The topological polar surface area (TPSA) is 59.2 Å². The molecule has 2 heterocycles. The second-order valence-corrected chi connectivity index (χ2v) is 7.23. The first-order valence-electron chi connectivity index (χ1n) is 9.11. The first kappa shape index (κ1) is 19.2. The van der Waals surface area contributed by atoms with Crippen molar-refractivity contribution >= 4 is 11.6 Å². The Labute approximate surface area is 165 Å². The molecule has 1 aliphatic rings. The fourth-order valence-electron chi connectivity index (χ4n) is 3.44. The van der Waals surface area contributed by atoms with Crippen LogP contribution in [0.15, 0.2) is 47.0 Å². The van der Waals surface area contributed by atoms with Gasteiger partial charge in [-0.1, -0.05) is 17.3 Å². The van der Waals surface area contributed by atoms with Crippen LogP contribution < -0.4 is 4.90 Å². The van der Waals surface area contributed by atoms with Gasteiger partial charge in [0.15, 0.2) is 5.82 Å². The third-order valence-corrected chi connectivity index (χ3v) is 5.05. The molecule has 1 atom stereocenters. The van der Waals surface area contributed by atoms with Crippen molar-refractivity contribution < 1.29 is 22.5 Å². The van der Waals surface area contributed by atoms with Crippen LogP contribution in [0.3, 0.4) is 0 Å². The Morgan fingerprint density at radius 1 is 1.10 bits per heavy atom. The average Bonchev–Trinajstić information content (AvgIpc) is 3.30. The van der Waals surface area contributed by atoms with E-state index in [0.29, 0.717) is 17.9 Å². The van der Waals surface area contributed by atoms with Crippen molar-refractivity contribution in [3.05, 3.63) is 65.0 Å². The summed E-state index contributed by atoms with van der Waals surface area (Å²) in [5, 5.41) is 3.96. The van der Waals surface area contributed by atoms with Crippen LogP contribution in [0.1, 0.15) is 34.9 Å². The molecule has 29 heavy (non-hydrogen) atoms. The highest BCUT2D eigenvalue weighted by atomic mass is 19.4. The Bertz CT molecular complexity index is 1060. The van der Waals surface area contributed by atoms with Gasteiger partial charge in [-0.05, 0) is 55.3 Å². The van der Waals surface area contributed by atoms with E-state index in [1.807, 2.05) is 32.0 Å². The molecule has 0 aliphatic carbocycles. The average molecular weight is 401 g/mol. The highest BCUT2D eigenvalue weighted by Crippen LogP contribution is 2.34. The van der Waals surface area contributed by atoms with Gasteiger partial charge in [0.25, 0.3) is 5.89 Å². The summed E-state index contributed by atoms with van der Waals surface area (Å²) in [6.07, 6.45) is -4.15. The van der Waals surface area contributed by atoms with Crippen LogP contribution in [-0.2, 0) is 11.0 Å². The summed E-state index contributed by atoms with van der Waals surface area (Å²) < 4.78 is 43.4. The molecule has 4 rings (SSSR count). The number of alkyl halides is 3. The van der Waals surface area contributed by atoms with Crippen molar-refractivity contribution in [2.45, 2.75) is 32.4 Å². The summed E-state index contributed by atoms with van der Waals surface area (Å²) in [7, 11) is 0. The number of halogens is 3. The Kier molecular flexibility index (Phi) is 4.64. The fraction of sp³-hybridized carbons (Fsp3) is 0.286. The maximum atomic E-state index is 12.7. The van der Waals surface area contributed by atoms with E-state index >= 15 is 0 Å². The van der Waals surface area contributed by atoms with E-state index in [2.05, 4.69) is 10.1 Å². The van der Waals surface area contributed by atoms with Crippen LogP contribution in [-0.4, -0.2) is 22.6 Å². The molecular formula is C21H18F3N3O2. The monoisotopic (exact) mass is 401 g/mol. The van der Waals surface area contributed by atoms with Crippen LogP contribution in [0.2, 0.25) is 0 Å². The van der Waals surface area contributed by atoms with Gasteiger partial charge in [-0.3, -0.25) is 4.79 Å². The molecule has 1 aromatic heterocycles. The molecule has 1 aliphatic heterocycles. The van der Waals surface area contributed by atoms with Crippen molar-refractivity contribution in [2.75, 3.05) is 11.4 Å². The molecular weight excluding hydrogens is 383 g/mol. The number of carbonyl (C=O) groups is 1. The molecule has 0 bridgehead atoms. The van der Waals surface area contributed by atoms with Crippen molar-refractivity contribution in [1.29, 1.82) is 0 Å². The van der Waals surface area contributed by atoms with Gasteiger partial charge in [0.05, 0.1) is 5.56 Å². The predicted octanol–water partition coefficient (Wildman–Crippen LogP) is 4.89. The number of hydrogen-bond acceptors (Lipinski definition) is 4. The summed E-state index contributed by atoms with van der Waals surface area (Å²) in [6.45, 7) is 4.35. The fourth-order valence-corrected chi connectivity index (χ4v) is 3.44. The van der Waals surface area contributed by atoms with Gasteiger partial charge in [-0.2, -0.15) is 18.2 Å². The third kappa shape index (κ3) is 3.74. The minimum Gasteiger partial charge on any atom is -0.334 e. The lowest BCUT2D eigenvalue weighted by Gasteiger charge is -2.19. The predicted molar refractivity (Wildman–Crippen MR) is 100 cm³/mol. The molecule has 1 unspecified atom stereocenters. The summed E-state index contributed by atoms with van der Waals surface area (Å²) in [4.78, 5) is 18.6. The SMILES string of the molecule is Cc1ccc(C)c(N2CC(c3noc(-c4ccc(C(F)(F)F)cc4)n3)CC2=O)c1. The number of rotatable bonds is 3. The quantitative estimate of drug-likeness (QED) is 0.627. The third-order valence-electron chi connectivity index (χ3n) is 5.05. The molecule has 150 valence electrons. The largest absolute Gasteiger partial charge is 0.416 e. The van der Waals surface area contributed by atoms with E-state index in [4.69, 9.17) is 4.52 Å². The lowest BCUT2D eigenvalue weighted by atomic mass is 10.1. The highest BCUT2D eigenvalue weighted by molar-refractivity contribution is 5.97. The van der Waals surface area contributed by atoms with E-state index in [1.165, 1.54) is 12.1 Å². The number of hydrogen-bond donors (Lipinski definition) is 0. The second kappa shape index (κ2) is 7.02. The minimum absolute atomic E-state index is 0.0235. The zero-order valence-corrected chi connectivity index (χ0v) is 15.8. The van der Waals surface area contributed by atoms with Crippen molar-refractivity contribution in [3.63, 3.8) is 0 Å². The maximum absolute atomic E-state index is 12.7. The summed E-state index contributed by atoms with van der Waals surface area (Å²) >= 11 is 0. The smallest absolute Gasteiger partial charge is 0.334 e. The summed E-state index contributed by atoms with van der Waals surface area (Å²) in [6, 6.07) is 10.5. The Hall–Kier alpha value is -3.16. The van der Waals surface area contributed by atoms with Gasteiger partial charge in [-0.15, -0.1) is 0 Å². The second-order valence-electron chi connectivity index (χ2n) is 7.23. The zero-order chi connectivity index (χ0) is 20.8. The number of carbonyl (C=O) groups excluding carboxylic acids is 1. The summed E-state index contributed by atoms with van der Waals surface area (Å²) in [5.74, 6) is 0.242. The molecule has 0 saturated carbocycles. The molecule has 0 spiro atoms. The maximum Gasteiger partial charge on any atom is 0.416 e. The molecule has 3 aromatic rings. The van der Waals surface area contributed by atoms with Crippen molar-refractivity contribution in [2.24, 2.45) is 0 Å². The van der Waals surface area contributed by atoms with Gasteiger partial charge in [0.2, 0.25) is 5.91 Å². The molecule has 0 radical (unpaired) electrons. The normalized spacial score (nSPS) is 17.2. The molecule has 8 heteroatoms. The van der Waals surface area contributed by atoms with E-state index in [1.54, 1.807) is 4.90 Å². The van der Waals surface area contributed by atoms with E-state index in [-0.39, 0.29) is 24.1 Å². The Balaban J connectivity index is 1.54. The summed E-state index contributed by atoms with van der Waals surface area (Å²) in [5.41, 5.74) is 2.58. The van der Waals surface area contributed by atoms with Crippen LogP contribution in [0.25, 0.3) is 11.5 Å². The van der Waals surface area contributed by atoms with Gasteiger partial charge in [0, 0.05) is 30.1 Å². The molecule has 1 saturated heterocycles. The first-order chi connectivity index (χ1) is 13.7. The van der Waals surface area contributed by atoms with Gasteiger partial charge >= 0.3 is 6.18 Å². The zero-order valence-electron chi connectivity index (χ0n) is 15.8. The van der Waals surface area contributed by atoms with Gasteiger partial charge in [-0.25, -0.2) is 0 Å². The molecule has 0 N–H and O–H groups in total. The van der Waals surface area contributed by atoms with Crippen molar-refractivity contribution in [3.8, 4) is 11.5 Å².